The van der Waals surface area contributed by atoms with E-state index in [4.69, 9.17) is 15.9 Å². The number of rotatable bonds is 7. The Bertz CT molecular complexity index is 208. The van der Waals surface area contributed by atoms with Crippen LogP contribution in [0.3, 0.4) is 0 Å². The summed E-state index contributed by atoms with van der Waals surface area (Å²) in [5.74, 6) is 0.163. The monoisotopic (exact) mass is 227 g/mol. The average molecular weight is 227 g/mol. The van der Waals surface area contributed by atoms with Gasteiger partial charge in [-0.25, -0.2) is 0 Å². The van der Waals surface area contributed by atoms with E-state index >= 15 is 0 Å². The largest absolute Gasteiger partial charge is 0.385 e. The average Bonchev–Trinajstić information content (AvgIpc) is 2.29. The summed E-state index contributed by atoms with van der Waals surface area (Å²) in [7, 11) is 0. The van der Waals surface area contributed by atoms with Crippen molar-refractivity contribution in [1.82, 2.24) is 4.90 Å². The zero-order chi connectivity index (χ0) is 11.8. The molecular formula is C12H25N3O. The SMILES string of the molecule is CCCCCCCN1CCOC(C(=N)N)C1. The molecule has 0 spiro atoms. The molecule has 1 rings (SSSR count). The van der Waals surface area contributed by atoms with Crippen molar-refractivity contribution in [3.8, 4) is 0 Å². The summed E-state index contributed by atoms with van der Waals surface area (Å²) in [6.45, 7) is 5.84. The van der Waals surface area contributed by atoms with Crippen LogP contribution in [0.4, 0.5) is 0 Å². The first-order valence-corrected chi connectivity index (χ1v) is 6.42. The third-order valence-corrected chi connectivity index (χ3v) is 3.08. The van der Waals surface area contributed by atoms with Crippen molar-refractivity contribution in [2.45, 2.75) is 45.1 Å². The van der Waals surface area contributed by atoms with Crippen molar-refractivity contribution in [2.24, 2.45) is 5.73 Å². The fourth-order valence-corrected chi connectivity index (χ4v) is 2.03. The van der Waals surface area contributed by atoms with Crippen LogP contribution >= 0.6 is 0 Å². The molecule has 1 saturated heterocycles. The van der Waals surface area contributed by atoms with Crippen LogP contribution in [-0.2, 0) is 4.74 Å². The lowest BCUT2D eigenvalue weighted by Gasteiger charge is -2.32. The highest BCUT2D eigenvalue weighted by Gasteiger charge is 2.21. The van der Waals surface area contributed by atoms with Gasteiger partial charge in [0.15, 0.2) is 0 Å². The first-order valence-electron chi connectivity index (χ1n) is 6.42. The van der Waals surface area contributed by atoms with Gasteiger partial charge >= 0.3 is 0 Å². The maximum absolute atomic E-state index is 7.37. The standard InChI is InChI=1S/C12H25N3O/c1-2-3-4-5-6-7-15-8-9-16-11(10-15)12(13)14/h11H,2-10H2,1H3,(H3,13,14). The van der Waals surface area contributed by atoms with Crippen LogP contribution in [0.1, 0.15) is 39.0 Å². The number of nitrogens with one attached hydrogen (secondary N) is 1. The fraction of sp³-hybridized carbons (Fsp3) is 0.917. The van der Waals surface area contributed by atoms with Gasteiger partial charge in [0.2, 0.25) is 0 Å². The van der Waals surface area contributed by atoms with Gasteiger partial charge in [-0.3, -0.25) is 10.3 Å². The lowest BCUT2D eigenvalue weighted by molar-refractivity contribution is 0.00512. The third kappa shape index (κ3) is 4.94. The molecule has 0 saturated carbocycles. The number of hydrogen-bond donors (Lipinski definition) is 2. The molecule has 0 amide bonds. The number of amidine groups is 1. The predicted molar refractivity (Wildman–Crippen MR) is 66.9 cm³/mol. The molecule has 1 aliphatic rings. The Morgan fingerprint density at radius 1 is 1.38 bits per heavy atom. The van der Waals surface area contributed by atoms with E-state index in [-0.39, 0.29) is 11.9 Å². The van der Waals surface area contributed by atoms with Gasteiger partial charge in [0, 0.05) is 13.1 Å². The molecular weight excluding hydrogens is 202 g/mol. The number of ether oxygens (including phenoxy) is 1. The zero-order valence-corrected chi connectivity index (χ0v) is 10.4. The van der Waals surface area contributed by atoms with Crippen LogP contribution in [-0.4, -0.2) is 43.1 Å². The molecule has 4 heteroatoms. The Labute approximate surface area is 98.6 Å². The molecule has 1 aliphatic heterocycles. The van der Waals surface area contributed by atoms with Crippen LogP contribution in [0.15, 0.2) is 0 Å². The highest BCUT2D eigenvalue weighted by Crippen LogP contribution is 2.08. The first kappa shape index (κ1) is 13.5. The lowest BCUT2D eigenvalue weighted by Crippen LogP contribution is -2.48. The van der Waals surface area contributed by atoms with Crippen LogP contribution in [0.25, 0.3) is 0 Å². The van der Waals surface area contributed by atoms with Crippen molar-refractivity contribution >= 4 is 5.84 Å². The Morgan fingerprint density at radius 3 is 2.81 bits per heavy atom. The maximum Gasteiger partial charge on any atom is 0.127 e. The van der Waals surface area contributed by atoms with E-state index in [9.17, 15) is 0 Å². The maximum atomic E-state index is 7.37. The Hall–Kier alpha value is -0.610. The minimum atomic E-state index is -0.176. The molecule has 1 atom stereocenters. The smallest absolute Gasteiger partial charge is 0.127 e. The van der Waals surface area contributed by atoms with Crippen molar-refractivity contribution in [3.05, 3.63) is 0 Å². The summed E-state index contributed by atoms with van der Waals surface area (Å²) >= 11 is 0. The highest BCUT2D eigenvalue weighted by molar-refractivity contribution is 5.82. The van der Waals surface area contributed by atoms with E-state index in [1.165, 1.54) is 32.1 Å². The Morgan fingerprint density at radius 2 is 2.12 bits per heavy atom. The normalized spacial score (nSPS) is 22.2. The molecule has 3 N–H and O–H groups in total. The number of nitrogens with two attached hydrogens (primary N) is 1. The second-order valence-electron chi connectivity index (χ2n) is 4.53. The van der Waals surface area contributed by atoms with Gasteiger partial charge in [-0.15, -0.1) is 0 Å². The molecule has 1 unspecified atom stereocenters. The molecule has 16 heavy (non-hydrogen) atoms. The minimum absolute atomic E-state index is 0.163. The Balaban J connectivity index is 2.10. The van der Waals surface area contributed by atoms with E-state index in [0.29, 0.717) is 6.61 Å². The number of morpholine rings is 1. The van der Waals surface area contributed by atoms with Crippen molar-refractivity contribution in [1.29, 1.82) is 5.41 Å². The van der Waals surface area contributed by atoms with Gasteiger partial charge in [0.05, 0.1) is 6.61 Å². The van der Waals surface area contributed by atoms with Crippen LogP contribution in [0.2, 0.25) is 0 Å². The van der Waals surface area contributed by atoms with E-state index in [1.807, 2.05) is 0 Å². The molecule has 0 aromatic carbocycles. The molecule has 1 heterocycles. The summed E-state index contributed by atoms with van der Waals surface area (Å²) < 4.78 is 5.42. The number of unbranched alkanes of at least 4 members (excludes halogenated alkanes) is 4. The van der Waals surface area contributed by atoms with Gasteiger partial charge in [-0.05, 0) is 13.0 Å². The lowest BCUT2D eigenvalue weighted by atomic mass is 10.1. The van der Waals surface area contributed by atoms with Crippen molar-refractivity contribution < 1.29 is 4.74 Å². The Kier molecular flexibility index (Phi) is 6.42. The molecule has 0 aliphatic carbocycles. The number of hydrogen-bond acceptors (Lipinski definition) is 3. The molecule has 0 radical (unpaired) electrons. The summed E-state index contributed by atoms with van der Waals surface area (Å²) in [5.41, 5.74) is 5.46. The third-order valence-electron chi connectivity index (χ3n) is 3.08. The van der Waals surface area contributed by atoms with E-state index < -0.39 is 0 Å². The highest BCUT2D eigenvalue weighted by atomic mass is 16.5. The fourth-order valence-electron chi connectivity index (χ4n) is 2.03. The van der Waals surface area contributed by atoms with Gasteiger partial charge in [-0.1, -0.05) is 32.6 Å². The van der Waals surface area contributed by atoms with Crippen LogP contribution in [0.5, 0.6) is 0 Å². The van der Waals surface area contributed by atoms with Crippen LogP contribution < -0.4 is 5.73 Å². The summed E-state index contributed by atoms with van der Waals surface area (Å²) in [5, 5.41) is 7.37. The summed E-state index contributed by atoms with van der Waals surface area (Å²) in [6, 6.07) is 0. The molecule has 1 fully saturated rings. The summed E-state index contributed by atoms with van der Waals surface area (Å²) in [4.78, 5) is 2.36. The van der Waals surface area contributed by atoms with E-state index in [2.05, 4.69) is 11.8 Å². The van der Waals surface area contributed by atoms with Gasteiger partial charge in [0.25, 0.3) is 0 Å². The van der Waals surface area contributed by atoms with Gasteiger partial charge in [0.1, 0.15) is 11.9 Å². The molecule has 0 bridgehead atoms. The second kappa shape index (κ2) is 7.63. The van der Waals surface area contributed by atoms with Gasteiger partial charge < -0.3 is 10.5 Å². The molecule has 94 valence electrons. The van der Waals surface area contributed by atoms with Crippen LogP contribution in [0, 0.1) is 5.41 Å². The quantitative estimate of drug-likeness (QED) is 0.394. The second-order valence-corrected chi connectivity index (χ2v) is 4.53. The predicted octanol–water partition coefficient (Wildman–Crippen LogP) is 1.59. The minimum Gasteiger partial charge on any atom is -0.385 e. The van der Waals surface area contributed by atoms with Crippen molar-refractivity contribution in [3.63, 3.8) is 0 Å². The zero-order valence-electron chi connectivity index (χ0n) is 10.4. The molecule has 4 nitrogen and oxygen atoms in total. The number of nitrogens with zero attached hydrogens (tertiary/aromatic N) is 1. The van der Waals surface area contributed by atoms with Crippen molar-refractivity contribution in [2.75, 3.05) is 26.2 Å². The molecule has 0 aromatic heterocycles. The first-order chi connectivity index (χ1) is 7.74. The van der Waals surface area contributed by atoms with E-state index in [0.717, 1.165) is 19.6 Å². The van der Waals surface area contributed by atoms with Gasteiger partial charge in [-0.2, -0.15) is 0 Å². The molecule has 0 aromatic rings. The van der Waals surface area contributed by atoms with E-state index in [1.54, 1.807) is 0 Å². The topological polar surface area (TPSA) is 62.3 Å². The summed E-state index contributed by atoms with van der Waals surface area (Å²) in [6.07, 6.45) is 6.38.